The summed E-state index contributed by atoms with van der Waals surface area (Å²) in [4.78, 5) is 0. The van der Waals surface area contributed by atoms with Gasteiger partial charge in [-0.2, -0.15) is 10.2 Å². The molecule has 0 aromatic heterocycles. The Hall–Kier alpha value is -2.82. The van der Waals surface area contributed by atoms with Gasteiger partial charge in [-0.3, -0.25) is 0 Å². The molecular weight excluding hydrogens is 532 g/mol. The highest BCUT2D eigenvalue weighted by atomic mass is 16.5. The van der Waals surface area contributed by atoms with Gasteiger partial charge in [0.05, 0.1) is 25.6 Å². The van der Waals surface area contributed by atoms with Gasteiger partial charge in [-0.25, -0.2) is 0 Å². The lowest BCUT2D eigenvalue weighted by atomic mass is 10.1. The lowest BCUT2D eigenvalue weighted by Gasteiger charge is -2.07. The van der Waals surface area contributed by atoms with Crippen molar-refractivity contribution < 1.29 is 14.6 Å². The molecule has 0 heterocycles. The number of ether oxygens (including phenoxy) is 2. The van der Waals surface area contributed by atoms with Gasteiger partial charge in [0, 0.05) is 11.6 Å². The summed E-state index contributed by atoms with van der Waals surface area (Å²) >= 11 is 0. The highest BCUT2D eigenvalue weighted by molar-refractivity contribution is 5.85. The molecule has 0 fully saturated rings. The predicted molar refractivity (Wildman–Crippen MR) is 184 cm³/mol. The van der Waals surface area contributed by atoms with Gasteiger partial charge in [0.15, 0.2) is 0 Å². The third-order valence-corrected chi connectivity index (χ3v) is 7.89. The van der Waals surface area contributed by atoms with Gasteiger partial charge in [-0.1, -0.05) is 129 Å². The van der Waals surface area contributed by atoms with Crippen LogP contribution in [0.3, 0.4) is 0 Å². The summed E-state index contributed by atoms with van der Waals surface area (Å²) in [6.45, 7) is 5.97. The minimum Gasteiger partial charge on any atom is -0.507 e. The predicted octanol–water partition coefficient (Wildman–Crippen LogP) is 11.4. The smallest absolute Gasteiger partial charge is 0.128 e. The molecule has 0 unspecified atom stereocenters. The van der Waals surface area contributed by atoms with E-state index in [1.54, 1.807) is 18.5 Å². The molecule has 2 rings (SSSR count). The number of benzene rings is 2. The molecule has 0 saturated carbocycles. The zero-order chi connectivity index (χ0) is 30.6. The lowest BCUT2D eigenvalue weighted by Crippen LogP contribution is -1.97. The maximum Gasteiger partial charge on any atom is 0.128 e. The number of unbranched alkanes of at least 4 members (excludes halogenated alkanes) is 18. The Balaban J connectivity index is 1.55. The van der Waals surface area contributed by atoms with E-state index >= 15 is 0 Å². The van der Waals surface area contributed by atoms with E-state index in [-0.39, 0.29) is 5.75 Å². The molecule has 5 heteroatoms. The Morgan fingerprint density at radius 1 is 0.512 bits per heavy atom. The van der Waals surface area contributed by atoms with Crippen LogP contribution in [0.1, 0.15) is 153 Å². The van der Waals surface area contributed by atoms with E-state index in [9.17, 15) is 5.11 Å². The topological polar surface area (TPSA) is 63.4 Å². The summed E-state index contributed by atoms with van der Waals surface area (Å²) < 4.78 is 11.7. The van der Waals surface area contributed by atoms with Crippen molar-refractivity contribution in [2.75, 3.05) is 13.2 Å². The van der Waals surface area contributed by atoms with Crippen LogP contribution in [-0.4, -0.2) is 30.7 Å². The standard InChI is InChI=1S/C38H60N2O3/c1-3-5-7-9-11-13-15-17-19-21-29-42-36-26-23-34(24-27-36)32-39-40-33-35-25-28-37(31-38(35)41)43-30-22-20-18-16-14-12-10-8-6-4-2/h23-28,31-33,41H,3-22,29-30H2,1-2H3/b39-32+,40-33+. The molecule has 0 saturated heterocycles. The van der Waals surface area contributed by atoms with Gasteiger partial charge in [0.25, 0.3) is 0 Å². The van der Waals surface area contributed by atoms with Crippen molar-refractivity contribution in [3.8, 4) is 17.2 Å². The van der Waals surface area contributed by atoms with E-state index in [0.717, 1.165) is 30.8 Å². The first kappa shape index (κ1) is 36.4. The molecule has 5 nitrogen and oxygen atoms in total. The second kappa shape index (κ2) is 25.7. The third-order valence-electron chi connectivity index (χ3n) is 7.89. The molecule has 2 aromatic carbocycles. The Morgan fingerprint density at radius 2 is 0.930 bits per heavy atom. The molecule has 0 aliphatic rings. The Kier molecular flexibility index (Phi) is 21.7. The summed E-state index contributed by atoms with van der Waals surface area (Å²) in [6.07, 6.45) is 29.5. The van der Waals surface area contributed by atoms with Gasteiger partial charge < -0.3 is 14.6 Å². The number of rotatable bonds is 27. The molecule has 0 amide bonds. The zero-order valence-electron chi connectivity index (χ0n) is 27.4. The van der Waals surface area contributed by atoms with Crippen LogP contribution in [-0.2, 0) is 0 Å². The summed E-state index contributed by atoms with van der Waals surface area (Å²) in [5.41, 5.74) is 1.56. The molecule has 0 atom stereocenters. The van der Waals surface area contributed by atoms with Crippen molar-refractivity contribution in [3.63, 3.8) is 0 Å². The highest BCUT2D eigenvalue weighted by Crippen LogP contribution is 2.23. The average molecular weight is 593 g/mol. The molecule has 43 heavy (non-hydrogen) atoms. The summed E-state index contributed by atoms with van der Waals surface area (Å²) in [7, 11) is 0. The Labute approximate surface area is 263 Å². The average Bonchev–Trinajstić information content (AvgIpc) is 3.02. The highest BCUT2D eigenvalue weighted by Gasteiger charge is 2.02. The second-order valence-corrected chi connectivity index (χ2v) is 11.8. The molecule has 240 valence electrons. The number of nitrogens with zero attached hydrogens (tertiary/aromatic N) is 2. The Bertz CT molecular complexity index is 987. The summed E-state index contributed by atoms with van der Waals surface area (Å²) in [6, 6.07) is 13.2. The maximum atomic E-state index is 10.4. The fourth-order valence-corrected chi connectivity index (χ4v) is 5.13. The van der Waals surface area contributed by atoms with E-state index in [4.69, 9.17) is 9.47 Å². The minimum atomic E-state index is 0.142. The largest absolute Gasteiger partial charge is 0.507 e. The molecule has 0 bridgehead atoms. The normalized spacial score (nSPS) is 11.6. The van der Waals surface area contributed by atoms with Crippen molar-refractivity contribution in [2.24, 2.45) is 10.2 Å². The van der Waals surface area contributed by atoms with Crippen molar-refractivity contribution in [1.29, 1.82) is 0 Å². The van der Waals surface area contributed by atoms with Gasteiger partial charge in [-0.05, 0) is 54.8 Å². The fraction of sp³-hybridized carbons (Fsp3) is 0.632. The number of phenolic OH excluding ortho intramolecular Hbond substituents is 1. The maximum absolute atomic E-state index is 10.4. The second-order valence-electron chi connectivity index (χ2n) is 11.8. The van der Waals surface area contributed by atoms with Gasteiger partial charge in [0.1, 0.15) is 17.2 Å². The van der Waals surface area contributed by atoms with Gasteiger partial charge in [0.2, 0.25) is 0 Å². The first-order chi connectivity index (χ1) is 21.2. The molecular formula is C38H60N2O3. The van der Waals surface area contributed by atoms with E-state index in [0.29, 0.717) is 17.9 Å². The van der Waals surface area contributed by atoms with Crippen LogP contribution in [0.25, 0.3) is 0 Å². The van der Waals surface area contributed by atoms with Crippen LogP contribution in [0.4, 0.5) is 0 Å². The quantitative estimate of drug-likeness (QED) is 0.0637. The van der Waals surface area contributed by atoms with Crippen LogP contribution in [0.5, 0.6) is 17.2 Å². The van der Waals surface area contributed by atoms with Crippen LogP contribution in [0.2, 0.25) is 0 Å². The van der Waals surface area contributed by atoms with Crippen molar-refractivity contribution >= 4 is 12.4 Å². The van der Waals surface area contributed by atoms with Crippen LogP contribution >= 0.6 is 0 Å². The summed E-state index contributed by atoms with van der Waals surface area (Å²) in [5, 5.41) is 18.6. The monoisotopic (exact) mass is 592 g/mol. The van der Waals surface area contributed by atoms with E-state index in [2.05, 4.69) is 24.1 Å². The molecule has 0 aliphatic heterocycles. The molecule has 2 aromatic rings. The SMILES string of the molecule is CCCCCCCCCCCCOc1ccc(/C=N/N=C/c2ccc(OCCCCCCCCCCCC)cc2O)cc1. The fourth-order valence-electron chi connectivity index (χ4n) is 5.13. The lowest BCUT2D eigenvalue weighted by molar-refractivity contribution is 0.302. The van der Waals surface area contributed by atoms with E-state index < -0.39 is 0 Å². The molecule has 0 aliphatic carbocycles. The van der Waals surface area contributed by atoms with Crippen molar-refractivity contribution in [2.45, 2.75) is 142 Å². The van der Waals surface area contributed by atoms with Gasteiger partial charge in [-0.15, -0.1) is 0 Å². The third kappa shape index (κ3) is 19.2. The Morgan fingerprint density at radius 3 is 1.42 bits per heavy atom. The number of hydrogen-bond acceptors (Lipinski definition) is 5. The van der Waals surface area contributed by atoms with Crippen molar-refractivity contribution in [1.82, 2.24) is 0 Å². The molecule has 1 N–H and O–H groups in total. The minimum absolute atomic E-state index is 0.142. The molecule has 0 spiro atoms. The van der Waals surface area contributed by atoms with Crippen LogP contribution < -0.4 is 9.47 Å². The van der Waals surface area contributed by atoms with E-state index in [1.165, 1.54) is 116 Å². The number of hydrogen-bond donors (Lipinski definition) is 1. The first-order valence-corrected chi connectivity index (χ1v) is 17.5. The molecule has 0 radical (unpaired) electrons. The van der Waals surface area contributed by atoms with Gasteiger partial charge >= 0.3 is 0 Å². The van der Waals surface area contributed by atoms with Crippen LogP contribution in [0, 0.1) is 0 Å². The first-order valence-electron chi connectivity index (χ1n) is 17.5. The number of aromatic hydroxyl groups is 1. The van der Waals surface area contributed by atoms with E-state index in [1.807, 2.05) is 36.4 Å². The number of phenols is 1. The van der Waals surface area contributed by atoms with Crippen LogP contribution in [0.15, 0.2) is 52.7 Å². The summed E-state index contributed by atoms with van der Waals surface area (Å²) in [5.74, 6) is 1.71. The van der Waals surface area contributed by atoms with Crippen molar-refractivity contribution in [3.05, 3.63) is 53.6 Å². The zero-order valence-corrected chi connectivity index (χ0v) is 27.4.